The van der Waals surface area contributed by atoms with E-state index in [-0.39, 0.29) is 12.6 Å². The van der Waals surface area contributed by atoms with Crippen molar-refractivity contribution in [3.8, 4) is 5.75 Å². The number of aryl methyl sites for hydroxylation is 2. The summed E-state index contributed by atoms with van der Waals surface area (Å²) in [5, 5.41) is 1.98. The Bertz CT molecular complexity index is 1300. The second kappa shape index (κ2) is 9.63. The fourth-order valence-corrected chi connectivity index (χ4v) is 3.92. The number of nitrogens with two attached hydrogens (primary N) is 1. The zero-order valence-electron chi connectivity index (χ0n) is 18.6. The van der Waals surface area contributed by atoms with E-state index < -0.39 is 5.97 Å². The molecule has 1 unspecified atom stereocenters. The molecule has 1 heterocycles. The molecule has 0 aliphatic carbocycles. The second-order valence-corrected chi connectivity index (χ2v) is 7.95. The lowest BCUT2D eigenvalue weighted by atomic mass is 10.0. The van der Waals surface area contributed by atoms with Crippen LogP contribution in [0.1, 0.15) is 33.1 Å². The van der Waals surface area contributed by atoms with Crippen molar-refractivity contribution in [1.82, 2.24) is 4.98 Å². The Hall–Kier alpha value is -4.03. The van der Waals surface area contributed by atoms with Gasteiger partial charge in [0.2, 0.25) is 6.41 Å². The van der Waals surface area contributed by atoms with Gasteiger partial charge in [0, 0.05) is 30.0 Å². The van der Waals surface area contributed by atoms with E-state index in [1.165, 1.54) is 0 Å². The largest absolute Gasteiger partial charge is 0.423 e. The van der Waals surface area contributed by atoms with Crippen LogP contribution < -0.4 is 15.4 Å². The van der Waals surface area contributed by atoms with Gasteiger partial charge in [0.15, 0.2) is 0 Å². The minimum Gasteiger partial charge on any atom is -0.423 e. The molecule has 4 aromatic rings. The molecule has 1 atom stereocenters. The predicted molar refractivity (Wildman–Crippen MR) is 129 cm³/mol. The Morgan fingerprint density at radius 3 is 2.52 bits per heavy atom. The van der Waals surface area contributed by atoms with E-state index >= 15 is 0 Å². The third-order valence-electron chi connectivity index (χ3n) is 5.67. The second-order valence-electron chi connectivity index (χ2n) is 7.95. The van der Waals surface area contributed by atoms with Crippen molar-refractivity contribution in [2.45, 2.75) is 19.9 Å². The molecule has 0 saturated heterocycles. The van der Waals surface area contributed by atoms with Gasteiger partial charge in [-0.25, -0.2) is 4.79 Å². The van der Waals surface area contributed by atoms with Crippen LogP contribution in [0.2, 0.25) is 0 Å². The minimum atomic E-state index is -0.407. The van der Waals surface area contributed by atoms with Gasteiger partial charge in [-0.15, -0.1) is 0 Å². The van der Waals surface area contributed by atoms with Gasteiger partial charge in [-0.05, 0) is 66.8 Å². The van der Waals surface area contributed by atoms with E-state index in [1.807, 2.05) is 62.4 Å². The van der Waals surface area contributed by atoms with Gasteiger partial charge in [-0.3, -0.25) is 9.78 Å². The molecule has 0 aliphatic rings. The normalized spacial score (nSPS) is 11.7. The van der Waals surface area contributed by atoms with Crippen molar-refractivity contribution < 1.29 is 14.3 Å². The van der Waals surface area contributed by atoms with E-state index in [2.05, 4.69) is 4.98 Å². The van der Waals surface area contributed by atoms with Crippen molar-refractivity contribution in [3.63, 3.8) is 0 Å². The molecule has 3 aromatic carbocycles. The Balaban J connectivity index is 1.55. The smallest absolute Gasteiger partial charge is 0.343 e. The summed E-state index contributed by atoms with van der Waals surface area (Å²) < 4.78 is 5.55. The maximum absolute atomic E-state index is 12.6. The number of nitrogens with zero attached hydrogens (tertiary/aromatic N) is 2. The molecule has 2 N–H and O–H groups in total. The van der Waals surface area contributed by atoms with Crippen molar-refractivity contribution in [3.05, 3.63) is 101 Å². The van der Waals surface area contributed by atoms with E-state index in [1.54, 1.807) is 35.5 Å². The molecule has 0 aliphatic heterocycles. The van der Waals surface area contributed by atoms with Crippen LogP contribution in [0.3, 0.4) is 0 Å². The van der Waals surface area contributed by atoms with Crippen molar-refractivity contribution in [1.29, 1.82) is 0 Å². The fourth-order valence-electron chi connectivity index (χ4n) is 3.92. The van der Waals surface area contributed by atoms with Gasteiger partial charge < -0.3 is 15.4 Å². The Morgan fingerprint density at radius 2 is 1.82 bits per heavy atom. The van der Waals surface area contributed by atoms with Crippen molar-refractivity contribution in [2.75, 3.05) is 11.4 Å². The standard InChI is InChI=1S/C27H25N3O3/c1-18-3-10-25(19(2)13-18)27(32)33-24-8-5-20(6-9-24)26(15-28)30(17-31)23-7-4-22-16-29-12-11-21(22)14-23/h3-14,16-17,26H,15,28H2,1-2H3. The summed E-state index contributed by atoms with van der Waals surface area (Å²) in [5.74, 6) is 0.0196. The number of pyridine rings is 1. The molecule has 166 valence electrons. The lowest BCUT2D eigenvalue weighted by Gasteiger charge is -2.28. The average molecular weight is 440 g/mol. The molecule has 6 nitrogen and oxygen atoms in total. The molecule has 0 bridgehead atoms. The molecule has 0 spiro atoms. The Morgan fingerprint density at radius 1 is 1.03 bits per heavy atom. The van der Waals surface area contributed by atoms with Gasteiger partial charge in [-0.2, -0.15) is 0 Å². The summed E-state index contributed by atoms with van der Waals surface area (Å²) in [4.78, 5) is 30.3. The zero-order valence-corrected chi connectivity index (χ0v) is 18.6. The number of hydrogen-bond donors (Lipinski definition) is 1. The van der Waals surface area contributed by atoms with E-state index in [4.69, 9.17) is 10.5 Å². The first kappa shape index (κ1) is 22.2. The number of benzene rings is 3. The highest BCUT2D eigenvalue weighted by atomic mass is 16.5. The van der Waals surface area contributed by atoms with Crippen LogP contribution in [0.4, 0.5) is 5.69 Å². The molecular weight excluding hydrogens is 414 g/mol. The first-order valence-corrected chi connectivity index (χ1v) is 10.7. The number of amides is 1. The average Bonchev–Trinajstić information content (AvgIpc) is 2.82. The van der Waals surface area contributed by atoms with Crippen LogP contribution in [0.5, 0.6) is 5.75 Å². The van der Waals surface area contributed by atoms with Crippen molar-refractivity contribution >= 4 is 28.8 Å². The monoisotopic (exact) mass is 439 g/mol. The molecule has 4 rings (SSSR count). The Labute approximate surface area is 192 Å². The molecule has 1 amide bonds. The van der Waals surface area contributed by atoms with E-state index in [9.17, 15) is 9.59 Å². The summed E-state index contributed by atoms with van der Waals surface area (Å²) in [6.07, 6.45) is 4.28. The van der Waals surface area contributed by atoms with Crippen molar-refractivity contribution in [2.24, 2.45) is 5.73 Å². The van der Waals surface area contributed by atoms with Crippen LogP contribution in [0.25, 0.3) is 10.8 Å². The first-order chi connectivity index (χ1) is 16.0. The quantitative estimate of drug-likeness (QED) is 0.256. The molecule has 0 fully saturated rings. The van der Waals surface area contributed by atoms with Crippen LogP contribution >= 0.6 is 0 Å². The molecular formula is C27H25N3O3. The van der Waals surface area contributed by atoms with Crippen LogP contribution in [0.15, 0.2) is 79.1 Å². The number of fused-ring (bicyclic) bond motifs is 1. The molecule has 0 saturated carbocycles. The topological polar surface area (TPSA) is 85.5 Å². The highest BCUT2D eigenvalue weighted by Crippen LogP contribution is 2.29. The summed E-state index contributed by atoms with van der Waals surface area (Å²) in [6.45, 7) is 4.09. The number of esters is 1. The number of carbonyl (C=O) groups is 2. The van der Waals surface area contributed by atoms with Gasteiger partial charge in [0.05, 0.1) is 11.6 Å². The zero-order chi connectivity index (χ0) is 23.4. The fraction of sp³-hybridized carbons (Fsp3) is 0.148. The third-order valence-corrected chi connectivity index (χ3v) is 5.67. The summed E-state index contributed by atoms with van der Waals surface area (Å²) in [6, 6.07) is 20.0. The molecule has 1 aromatic heterocycles. The van der Waals surface area contributed by atoms with E-state index in [0.29, 0.717) is 11.3 Å². The summed E-state index contributed by atoms with van der Waals surface area (Å²) >= 11 is 0. The van der Waals surface area contributed by atoms with Gasteiger partial charge in [0.1, 0.15) is 5.75 Å². The molecule has 6 heteroatoms. The predicted octanol–water partition coefficient (Wildman–Crippen LogP) is 4.73. The van der Waals surface area contributed by atoms with Gasteiger partial charge >= 0.3 is 5.97 Å². The van der Waals surface area contributed by atoms with E-state index in [0.717, 1.165) is 39.6 Å². The van der Waals surface area contributed by atoms with Gasteiger partial charge in [-0.1, -0.05) is 35.9 Å². The number of hydrogen-bond acceptors (Lipinski definition) is 5. The number of aromatic nitrogens is 1. The maximum Gasteiger partial charge on any atom is 0.343 e. The highest BCUT2D eigenvalue weighted by molar-refractivity contribution is 5.92. The SMILES string of the molecule is Cc1ccc(C(=O)Oc2ccc(C(CN)N(C=O)c3ccc4cnccc4c3)cc2)c(C)c1. The highest BCUT2D eigenvalue weighted by Gasteiger charge is 2.20. The number of carbonyl (C=O) groups excluding carboxylic acids is 2. The van der Waals surface area contributed by atoms with Crippen LogP contribution in [-0.4, -0.2) is 23.9 Å². The molecule has 33 heavy (non-hydrogen) atoms. The summed E-state index contributed by atoms with van der Waals surface area (Å²) in [5.41, 5.74) is 10.1. The maximum atomic E-state index is 12.6. The minimum absolute atomic E-state index is 0.231. The molecule has 0 radical (unpaired) electrons. The number of anilines is 1. The van der Waals surface area contributed by atoms with Crippen LogP contribution in [-0.2, 0) is 4.79 Å². The number of rotatable bonds is 7. The lowest BCUT2D eigenvalue weighted by molar-refractivity contribution is -0.107. The van der Waals surface area contributed by atoms with Crippen LogP contribution in [0, 0.1) is 13.8 Å². The lowest BCUT2D eigenvalue weighted by Crippen LogP contribution is -2.32. The Kier molecular flexibility index (Phi) is 6.47. The number of ether oxygens (including phenoxy) is 1. The van der Waals surface area contributed by atoms with Gasteiger partial charge in [0.25, 0.3) is 0 Å². The summed E-state index contributed by atoms with van der Waals surface area (Å²) in [7, 11) is 0. The third kappa shape index (κ3) is 4.76. The first-order valence-electron chi connectivity index (χ1n) is 10.7.